The molecule has 0 saturated carbocycles. The molecule has 2 amide bonds. The zero-order valence-corrected chi connectivity index (χ0v) is 14.5. The van der Waals surface area contributed by atoms with Crippen LogP contribution in [-0.2, 0) is 20.7 Å². The molecule has 5 nitrogen and oxygen atoms in total. The molecule has 0 radical (unpaired) electrons. The number of fused-ring (bicyclic) bond motifs is 2. The minimum Gasteiger partial charge on any atom is -0.374 e. The molecule has 0 aromatic heterocycles. The average Bonchev–Trinajstić information content (AvgIpc) is 3.34. The number of hydrogen-bond acceptors (Lipinski definition) is 3. The van der Waals surface area contributed by atoms with Gasteiger partial charge in [-0.2, -0.15) is 0 Å². The Morgan fingerprint density at radius 3 is 2.80 bits per heavy atom. The van der Waals surface area contributed by atoms with Crippen molar-refractivity contribution in [3.05, 3.63) is 35.9 Å². The molecule has 3 heterocycles. The van der Waals surface area contributed by atoms with Crippen molar-refractivity contribution >= 4 is 11.8 Å². The van der Waals surface area contributed by atoms with E-state index in [1.54, 1.807) is 0 Å². The molecular weight excluding hydrogens is 316 g/mol. The monoisotopic (exact) mass is 342 g/mol. The van der Waals surface area contributed by atoms with Gasteiger partial charge in [0.05, 0.1) is 18.1 Å². The Kier molecular flexibility index (Phi) is 4.75. The summed E-state index contributed by atoms with van der Waals surface area (Å²) in [7, 11) is 0. The summed E-state index contributed by atoms with van der Waals surface area (Å²) in [6.45, 7) is 2.10. The molecule has 4 atom stereocenters. The third-order valence-corrected chi connectivity index (χ3v) is 5.82. The number of ether oxygens (including phenoxy) is 1. The van der Waals surface area contributed by atoms with Crippen molar-refractivity contribution in [2.75, 3.05) is 19.6 Å². The minimum atomic E-state index is 0.0186. The Morgan fingerprint density at radius 2 is 2.08 bits per heavy atom. The largest absolute Gasteiger partial charge is 0.374 e. The summed E-state index contributed by atoms with van der Waals surface area (Å²) < 4.78 is 5.76. The van der Waals surface area contributed by atoms with Gasteiger partial charge in [0.2, 0.25) is 11.8 Å². The topological polar surface area (TPSA) is 58.6 Å². The van der Waals surface area contributed by atoms with E-state index in [0.717, 1.165) is 38.8 Å². The number of likely N-dealkylation sites (tertiary alicyclic amines) is 1. The van der Waals surface area contributed by atoms with Crippen molar-refractivity contribution in [3.8, 4) is 0 Å². The third-order valence-electron chi connectivity index (χ3n) is 5.82. The van der Waals surface area contributed by atoms with Gasteiger partial charge in [0.1, 0.15) is 0 Å². The number of rotatable bonds is 6. The fourth-order valence-corrected chi connectivity index (χ4v) is 4.41. The highest BCUT2D eigenvalue weighted by molar-refractivity contribution is 5.81. The maximum atomic E-state index is 12.4. The van der Waals surface area contributed by atoms with Crippen LogP contribution < -0.4 is 5.32 Å². The lowest BCUT2D eigenvalue weighted by atomic mass is 9.88. The van der Waals surface area contributed by atoms with Crippen LogP contribution in [0, 0.1) is 11.8 Å². The average molecular weight is 342 g/mol. The highest BCUT2D eigenvalue weighted by atomic mass is 16.5. The zero-order valence-electron chi connectivity index (χ0n) is 14.5. The van der Waals surface area contributed by atoms with Crippen LogP contribution in [0.4, 0.5) is 0 Å². The minimum absolute atomic E-state index is 0.0186. The predicted molar refractivity (Wildman–Crippen MR) is 93.8 cm³/mol. The van der Waals surface area contributed by atoms with Crippen molar-refractivity contribution in [3.63, 3.8) is 0 Å². The summed E-state index contributed by atoms with van der Waals surface area (Å²) in [5.41, 5.74) is 1.25. The summed E-state index contributed by atoms with van der Waals surface area (Å²) in [5.74, 6) is 0.567. The molecule has 0 spiro atoms. The summed E-state index contributed by atoms with van der Waals surface area (Å²) in [6.07, 6.45) is 4.82. The maximum absolute atomic E-state index is 12.4. The normalized spacial score (nSPS) is 30.9. The van der Waals surface area contributed by atoms with E-state index in [4.69, 9.17) is 4.74 Å². The molecule has 1 aromatic carbocycles. The lowest BCUT2D eigenvalue weighted by Gasteiger charge is -2.20. The van der Waals surface area contributed by atoms with Gasteiger partial charge in [-0.1, -0.05) is 30.3 Å². The molecule has 1 aromatic rings. The number of hydrogen-bond donors (Lipinski definition) is 1. The molecule has 3 fully saturated rings. The first-order valence-corrected chi connectivity index (χ1v) is 9.44. The van der Waals surface area contributed by atoms with E-state index in [2.05, 4.69) is 17.4 Å². The molecule has 25 heavy (non-hydrogen) atoms. The fourth-order valence-electron chi connectivity index (χ4n) is 4.41. The Labute approximate surface area is 148 Å². The summed E-state index contributed by atoms with van der Waals surface area (Å²) in [4.78, 5) is 26.5. The van der Waals surface area contributed by atoms with Gasteiger partial charge >= 0.3 is 0 Å². The molecule has 0 unspecified atom stereocenters. The van der Waals surface area contributed by atoms with Gasteiger partial charge in [0.15, 0.2) is 0 Å². The molecule has 4 rings (SSSR count). The lowest BCUT2D eigenvalue weighted by molar-refractivity contribution is -0.128. The predicted octanol–water partition coefficient (Wildman–Crippen LogP) is 1.76. The second kappa shape index (κ2) is 7.16. The Balaban J connectivity index is 1.21. The van der Waals surface area contributed by atoms with Crippen molar-refractivity contribution in [1.82, 2.24) is 10.2 Å². The first-order valence-electron chi connectivity index (χ1n) is 9.44. The van der Waals surface area contributed by atoms with Gasteiger partial charge < -0.3 is 15.0 Å². The van der Waals surface area contributed by atoms with Crippen molar-refractivity contribution in [2.45, 2.75) is 44.3 Å². The van der Waals surface area contributed by atoms with Crippen LogP contribution >= 0.6 is 0 Å². The highest BCUT2D eigenvalue weighted by Gasteiger charge is 2.44. The number of benzene rings is 1. The van der Waals surface area contributed by atoms with E-state index in [-0.39, 0.29) is 29.8 Å². The van der Waals surface area contributed by atoms with Crippen molar-refractivity contribution < 1.29 is 14.3 Å². The van der Waals surface area contributed by atoms with Crippen LogP contribution in [0.25, 0.3) is 0 Å². The maximum Gasteiger partial charge on any atom is 0.225 e. The number of carbonyl (C=O) groups is 2. The van der Waals surface area contributed by atoms with Gasteiger partial charge in [0, 0.05) is 32.0 Å². The Morgan fingerprint density at radius 1 is 1.24 bits per heavy atom. The van der Waals surface area contributed by atoms with Crippen LogP contribution in [0.15, 0.2) is 30.3 Å². The van der Waals surface area contributed by atoms with E-state index in [1.807, 2.05) is 23.1 Å². The van der Waals surface area contributed by atoms with Gasteiger partial charge in [-0.05, 0) is 31.2 Å². The van der Waals surface area contributed by atoms with Crippen molar-refractivity contribution in [2.24, 2.45) is 11.8 Å². The Hall–Kier alpha value is -1.88. The molecule has 2 bridgehead atoms. The van der Waals surface area contributed by atoms with E-state index < -0.39 is 0 Å². The molecule has 3 aliphatic heterocycles. The van der Waals surface area contributed by atoms with Crippen LogP contribution in [0.2, 0.25) is 0 Å². The van der Waals surface area contributed by atoms with Gasteiger partial charge in [0.25, 0.3) is 0 Å². The Bertz CT molecular complexity index is 633. The van der Waals surface area contributed by atoms with Crippen LogP contribution in [0.5, 0.6) is 0 Å². The SMILES string of the molecule is O=C(NC[C@@H]1CC(=O)N(CCc2ccccc2)C1)[C@@H]1C[C@H]2CC[C@H]1O2. The van der Waals surface area contributed by atoms with Gasteiger partial charge in [-0.3, -0.25) is 9.59 Å². The second-order valence-electron chi connectivity index (χ2n) is 7.61. The van der Waals surface area contributed by atoms with E-state index in [1.165, 1.54) is 5.56 Å². The molecule has 3 saturated heterocycles. The van der Waals surface area contributed by atoms with Crippen LogP contribution in [0.1, 0.15) is 31.2 Å². The first kappa shape index (κ1) is 16.6. The standard InChI is InChI=1S/C20H26N2O3/c23-19-10-15(13-22(19)9-8-14-4-2-1-3-5-14)12-21-20(24)17-11-16-6-7-18(17)25-16/h1-5,15-18H,6-13H2,(H,21,24)/t15-,16+,17+,18+/m0/s1. The molecule has 134 valence electrons. The summed E-state index contributed by atoms with van der Waals surface area (Å²) in [6, 6.07) is 10.2. The molecule has 1 N–H and O–H groups in total. The lowest BCUT2D eigenvalue weighted by Crippen LogP contribution is -2.39. The summed E-state index contributed by atoms with van der Waals surface area (Å²) in [5, 5.41) is 3.07. The fraction of sp³-hybridized carbons (Fsp3) is 0.600. The molecule has 3 aliphatic rings. The molecular formula is C20H26N2O3. The number of nitrogens with zero attached hydrogens (tertiary/aromatic N) is 1. The second-order valence-corrected chi connectivity index (χ2v) is 7.61. The van der Waals surface area contributed by atoms with Crippen LogP contribution in [0.3, 0.4) is 0 Å². The van der Waals surface area contributed by atoms with E-state index in [0.29, 0.717) is 19.1 Å². The van der Waals surface area contributed by atoms with Crippen molar-refractivity contribution in [1.29, 1.82) is 0 Å². The van der Waals surface area contributed by atoms with Crippen LogP contribution in [-0.4, -0.2) is 48.6 Å². The quantitative estimate of drug-likeness (QED) is 0.857. The first-order chi connectivity index (χ1) is 12.2. The smallest absolute Gasteiger partial charge is 0.225 e. The zero-order chi connectivity index (χ0) is 17.2. The number of nitrogens with one attached hydrogen (secondary N) is 1. The third kappa shape index (κ3) is 3.71. The van der Waals surface area contributed by atoms with Gasteiger partial charge in [-0.15, -0.1) is 0 Å². The number of amides is 2. The van der Waals surface area contributed by atoms with Gasteiger partial charge in [-0.25, -0.2) is 0 Å². The highest BCUT2D eigenvalue weighted by Crippen LogP contribution is 2.38. The summed E-state index contributed by atoms with van der Waals surface area (Å²) >= 11 is 0. The number of carbonyl (C=O) groups excluding carboxylic acids is 2. The molecule has 5 heteroatoms. The van der Waals surface area contributed by atoms with E-state index >= 15 is 0 Å². The van der Waals surface area contributed by atoms with E-state index in [9.17, 15) is 9.59 Å². The molecule has 0 aliphatic carbocycles.